The smallest absolute Gasteiger partial charge is 0.0931 e. The molecule has 0 spiro atoms. The molecule has 0 aliphatic carbocycles. The molecule has 0 radical (unpaired) electrons. The van der Waals surface area contributed by atoms with Crippen molar-refractivity contribution in [1.29, 1.82) is 0 Å². The molecule has 2 rings (SSSR count). The number of hydrogen-bond donors (Lipinski definition) is 1. The number of anilines is 1. The predicted molar refractivity (Wildman–Crippen MR) is 78.5 cm³/mol. The third-order valence-corrected chi connectivity index (χ3v) is 4.05. The lowest BCUT2D eigenvalue weighted by Gasteiger charge is -2.21. The van der Waals surface area contributed by atoms with Gasteiger partial charge in [-0.15, -0.1) is 11.3 Å². The minimum atomic E-state index is 0.0621. The Morgan fingerprint density at radius 3 is 2.67 bits per heavy atom. The molecule has 4 heteroatoms. The van der Waals surface area contributed by atoms with Crippen LogP contribution in [0, 0.1) is 6.92 Å². The second-order valence-corrected chi connectivity index (χ2v) is 6.15. The van der Waals surface area contributed by atoms with Crippen molar-refractivity contribution < 1.29 is 5.11 Å². The first-order valence-corrected chi connectivity index (χ1v) is 6.95. The van der Waals surface area contributed by atoms with Crippen molar-refractivity contribution in [1.82, 2.24) is 0 Å². The highest BCUT2D eigenvalue weighted by molar-refractivity contribution is 7.16. The fourth-order valence-corrected chi connectivity index (χ4v) is 3.11. The molecule has 18 heavy (non-hydrogen) atoms. The number of aliphatic hydroxyl groups excluding tert-OH is 1. The van der Waals surface area contributed by atoms with E-state index < -0.39 is 0 Å². The van der Waals surface area contributed by atoms with Crippen molar-refractivity contribution >= 4 is 28.6 Å². The van der Waals surface area contributed by atoms with Gasteiger partial charge in [0.15, 0.2) is 0 Å². The zero-order valence-electron chi connectivity index (χ0n) is 10.5. The van der Waals surface area contributed by atoms with Crippen LogP contribution >= 0.6 is 22.9 Å². The van der Waals surface area contributed by atoms with Crippen LogP contribution in [0.4, 0.5) is 5.69 Å². The van der Waals surface area contributed by atoms with E-state index in [4.69, 9.17) is 11.6 Å². The quantitative estimate of drug-likeness (QED) is 0.920. The SMILES string of the molecule is Cc1ccc(N(C)Cc2ccc(Cl)s2)c(CO)c1. The van der Waals surface area contributed by atoms with Gasteiger partial charge in [0.25, 0.3) is 0 Å². The lowest BCUT2D eigenvalue weighted by atomic mass is 10.1. The third kappa shape index (κ3) is 3.05. The fraction of sp³-hybridized carbons (Fsp3) is 0.286. The lowest BCUT2D eigenvalue weighted by molar-refractivity contribution is 0.282. The van der Waals surface area contributed by atoms with Gasteiger partial charge in [0.1, 0.15) is 0 Å². The van der Waals surface area contributed by atoms with E-state index in [1.165, 1.54) is 4.88 Å². The first kappa shape index (κ1) is 13.4. The van der Waals surface area contributed by atoms with Crippen molar-refractivity contribution in [2.24, 2.45) is 0 Å². The van der Waals surface area contributed by atoms with Crippen LogP contribution in [0.2, 0.25) is 4.34 Å². The maximum atomic E-state index is 9.42. The number of aryl methyl sites for hydroxylation is 1. The van der Waals surface area contributed by atoms with Crippen LogP contribution in [0.1, 0.15) is 16.0 Å². The average Bonchev–Trinajstić information content (AvgIpc) is 2.74. The molecule has 0 fully saturated rings. The Labute approximate surface area is 116 Å². The maximum absolute atomic E-state index is 9.42. The van der Waals surface area contributed by atoms with Gasteiger partial charge in [0.2, 0.25) is 0 Å². The fourth-order valence-electron chi connectivity index (χ4n) is 1.97. The van der Waals surface area contributed by atoms with Gasteiger partial charge in [-0.25, -0.2) is 0 Å². The summed E-state index contributed by atoms with van der Waals surface area (Å²) in [4.78, 5) is 3.35. The normalized spacial score (nSPS) is 10.7. The number of halogens is 1. The Hall–Kier alpha value is -1.03. The van der Waals surface area contributed by atoms with Crippen LogP contribution in [-0.2, 0) is 13.2 Å². The van der Waals surface area contributed by atoms with Crippen molar-refractivity contribution in [3.8, 4) is 0 Å². The Kier molecular flexibility index (Phi) is 4.27. The molecule has 2 nitrogen and oxygen atoms in total. The van der Waals surface area contributed by atoms with Crippen LogP contribution in [-0.4, -0.2) is 12.2 Å². The van der Waals surface area contributed by atoms with Gasteiger partial charge in [0, 0.05) is 23.2 Å². The number of rotatable bonds is 4. The second kappa shape index (κ2) is 5.74. The highest BCUT2D eigenvalue weighted by Gasteiger charge is 2.09. The van der Waals surface area contributed by atoms with E-state index in [9.17, 15) is 5.11 Å². The van der Waals surface area contributed by atoms with E-state index in [0.717, 1.165) is 27.7 Å². The van der Waals surface area contributed by atoms with Crippen molar-refractivity contribution in [3.63, 3.8) is 0 Å². The molecule has 0 saturated carbocycles. The summed E-state index contributed by atoms with van der Waals surface area (Å²) in [5.74, 6) is 0. The molecule has 96 valence electrons. The monoisotopic (exact) mass is 281 g/mol. The molecule has 1 aromatic carbocycles. The van der Waals surface area contributed by atoms with Crippen LogP contribution in [0.25, 0.3) is 0 Å². The largest absolute Gasteiger partial charge is 0.392 e. The van der Waals surface area contributed by atoms with E-state index in [1.54, 1.807) is 11.3 Å². The molecule has 0 unspecified atom stereocenters. The van der Waals surface area contributed by atoms with Gasteiger partial charge in [-0.1, -0.05) is 29.3 Å². The van der Waals surface area contributed by atoms with Gasteiger partial charge < -0.3 is 10.0 Å². The Balaban J connectivity index is 2.20. The summed E-state index contributed by atoms with van der Waals surface area (Å²) in [6, 6.07) is 10.1. The molecular formula is C14H16ClNOS. The van der Waals surface area contributed by atoms with Crippen molar-refractivity contribution in [2.45, 2.75) is 20.1 Å². The first-order chi connectivity index (χ1) is 8.60. The van der Waals surface area contributed by atoms with Crippen LogP contribution in [0.5, 0.6) is 0 Å². The summed E-state index contributed by atoms with van der Waals surface area (Å²) in [6.07, 6.45) is 0. The molecule has 0 aliphatic rings. The minimum absolute atomic E-state index is 0.0621. The number of thiophene rings is 1. The van der Waals surface area contributed by atoms with Gasteiger partial charge in [-0.05, 0) is 25.1 Å². The molecule has 1 heterocycles. The zero-order valence-corrected chi connectivity index (χ0v) is 12.1. The third-order valence-electron chi connectivity index (χ3n) is 2.84. The summed E-state index contributed by atoms with van der Waals surface area (Å²) >= 11 is 7.52. The first-order valence-electron chi connectivity index (χ1n) is 5.76. The predicted octanol–water partition coefficient (Wildman–Crippen LogP) is 3.84. The van der Waals surface area contributed by atoms with Crippen LogP contribution in [0.15, 0.2) is 30.3 Å². The number of nitrogens with zero attached hydrogens (tertiary/aromatic N) is 1. The molecule has 0 aliphatic heterocycles. The van der Waals surface area contributed by atoms with Crippen LogP contribution < -0.4 is 4.90 Å². The summed E-state index contributed by atoms with van der Waals surface area (Å²) in [6.45, 7) is 2.89. The Morgan fingerprint density at radius 1 is 1.28 bits per heavy atom. The second-order valence-electron chi connectivity index (χ2n) is 4.35. The number of aliphatic hydroxyl groups is 1. The number of benzene rings is 1. The molecule has 0 bridgehead atoms. The van der Waals surface area contributed by atoms with E-state index in [0.29, 0.717) is 0 Å². The molecular weight excluding hydrogens is 266 g/mol. The summed E-state index contributed by atoms with van der Waals surface area (Å²) in [5, 5.41) is 9.42. The molecule has 1 aromatic heterocycles. The lowest BCUT2D eigenvalue weighted by Crippen LogP contribution is -2.17. The van der Waals surface area contributed by atoms with E-state index >= 15 is 0 Å². The van der Waals surface area contributed by atoms with Crippen molar-refractivity contribution in [2.75, 3.05) is 11.9 Å². The Bertz CT molecular complexity index is 538. The molecule has 0 amide bonds. The summed E-state index contributed by atoms with van der Waals surface area (Å²) in [5.41, 5.74) is 3.18. The average molecular weight is 282 g/mol. The molecule has 1 N–H and O–H groups in total. The summed E-state index contributed by atoms with van der Waals surface area (Å²) < 4.78 is 0.810. The van der Waals surface area contributed by atoms with E-state index in [-0.39, 0.29) is 6.61 Å². The molecule has 2 aromatic rings. The van der Waals surface area contributed by atoms with Gasteiger partial charge in [-0.3, -0.25) is 0 Å². The number of hydrogen-bond acceptors (Lipinski definition) is 3. The van der Waals surface area contributed by atoms with Gasteiger partial charge in [-0.2, -0.15) is 0 Å². The minimum Gasteiger partial charge on any atom is -0.392 e. The zero-order chi connectivity index (χ0) is 13.1. The topological polar surface area (TPSA) is 23.5 Å². The molecule has 0 atom stereocenters. The highest BCUT2D eigenvalue weighted by atomic mass is 35.5. The van der Waals surface area contributed by atoms with E-state index in [1.807, 2.05) is 32.2 Å². The Morgan fingerprint density at radius 2 is 2.06 bits per heavy atom. The van der Waals surface area contributed by atoms with E-state index in [2.05, 4.69) is 17.0 Å². The summed E-state index contributed by atoms with van der Waals surface area (Å²) in [7, 11) is 2.03. The van der Waals surface area contributed by atoms with Crippen molar-refractivity contribution in [3.05, 3.63) is 50.7 Å². The van der Waals surface area contributed by atoms with Crippen LogP contribution in [0.3, 0.4) is 0 Å². The maximum Gasteiger partial charge on any atom is 0.0931 e. The molecule has 0 saturated heterocycles. The van der Waals surface area contributed by atoms with Gasteiger partial charge in [0.05, 0.1) is 17.5 Å². The highest BCUT2D eigenvalue weighted by Crippen LogP contribution is 2.26. The van der Waals surface area contributed by atoms with Gasteiger partial charge >= 0.3 is 0 Å². The standard InChI is InChI=1S/C14H16ClNOS/c1-10-3-5-13(11(7-10)9-17)16(2)8-12-4-6-14(15)18-12/h3-7,17H,8-9H2,1-2H3.